The second-order valence-corrected chi connectivity index (χ2v) is 6.88. The Bertz CT molecular complexity index is 883. The molecule has 0 spiro atoms. The predicted molar refractivity (Wildman–Crippen MR) is 97.8 cm³/mol. The van der Waals surface area contributed by atoms with Crippen LogP contribution in [0.1, 0.15) is 21.5 Å². The van der Waals surface area contributed by atoms with Gasteiger partial charge in [-0.2, -0.15) is 0 Å². The maximum Gasteiger partial charge on any atom is 0.257 e. The van der Waals surface area contributed by atoms with E-state index in [0.717, 1.165) is 21.5 Å². The lowest BCUT2D eigenvalue weighted by Gasteiger charge is -2.13. The molecule has 0 fully saturated rings. The standard InChI is InChI=1S/C18H19N3OS/c1-11-8-12(2)16-15(9-11)23-18(19-16)20-17(22)13-6-5-7-14(10-13)21(3)4/h5-10H,1-4H3,(H,19,20,22). The van der Waals surface area contributed by atoms with Crippen molar-refractivity contribution < 1.29 is 4.79 Å². The molecule has 1 N–H and O–H groups in total. The zero-order chi connectivity index (χ0) is 16.6. The SMILES string of the molecule is Cc1cc(C)c2nc(NC(=O)c3cccc(N(C)C)c3)sc2c1. The van der Waals surface area contributed by atoms with Gasteiger partial charge >= 0.3 is 0 Å². The zero-order valence-corrected chi connectivity index (χ0v) is 14.5. The fourth-order valence-corrected chi connectivity index (χ4v) is 3.56. The van der Waals surface area contributed by atoms with Crippen molar-refractivity contribution in [3.63, 3.8) is 0 Å². The minimum atomic E-state index is -0.137. The number of nitrogens with zero attached hydrogens (tertiary/aromatic N) is 2. The van der Waals surface area contributed by atoms with Crippen molar-refractivity contribution in [3.8, 4) is 0 Å². The number of thiazole rings is 1. The van der Waals surface area contributed by atoms with Crippen LogP contribution in [0.15, 0.2) is 36.4 Å². The number of rotatable bonds is 3. The zero-order valence-electron chi connectivity index (χ0n) is 13.7. The highest BCUT2D eigenvalue weighted by atomic mass is 32.1. The smallest absolute Gasteiger partial charge is 0.257 e. The topological polar surface area (TPSA) is 45.2 Å². The molecule has 0 aliphatic carbocycles. The van der Waals surface area contributed by atoms with Gasteiger partial charge in [0.25, 0.3) is 5.91 Å². The number of carbonyl (C=O) groups excluding carboxylic acids is 1. The Labute approximate surface area is 139 Å². The highest BCUT2D eigenvalue weighted by molar-refractivity contribution is 7.22. The van der Waals surface area contributed by atoms with Crippen LogP contribution >= 0.6 is 11.3 Å². The molecule has 0 saturated carbocycles. The molecule has 0 bridgehead atoms. The Morgan fingerprint density at radius 2 is 1.96 bits per heavy atom. The Hall–Kier alpha value is -2.40. The molecule has 0 atom stereocenters. The summed E-state index contributed by atoms with van der Waals surface area (Å²) in [5.41, 5.74) is 4.91. The Balaban J connectivity index is 1.88. The van der Waals surface area contributed by atoms with Gasteiger partial charge in [0, 0.05) is 25.3 Å². The van der Waals surface area contributed by atoms with Crippen LogP contribution in [0.5, 0.6) is 0 Å². The second kappa shape index (κ2) is 6.01. The minimum absolute atomic E-state index is 0.137. The summed E-state index contributed by atoms with van der Waals surface area (Å²) >= 11 is 1.51. The van der Waals surface area contributed by atoms with E-state index < -0.39 is 0 Å². The van der Waals surface area contributed by atoms with Crippen LogP contribution in [0.25, 0.3) is 10.2 Å². The average Bonchev–Trinajstić information content (AvgIpc) is 2.90. The van der Waals surface area contributed by atoms with Gasteiger partial charge in [-0.15, -0.1) is 0 Å². The number of aryl methyl sites for hydroxylation is 2. The first-order valence-electron chi connectivity index (χ1n) is 7.40. The first-order valence-corrected chi connectivity index (χ1v) is 8.22. The summed E-state index contributed by atoms with van der Waals surface area (Å²) in [7, 11) is 3.91. The summed E-state index contributed by atoms with van der Waals surface area (Å²) in [5.74, 6) is -0.137. The minimum Gasteiger partial charge on any atom is -0.378 e. The molecule has 1 aromatic heterocycles. The van der Waals surface area contributed by atoms with Crippen LogP contribution in [0.3, 0.4) is 0 Å². The summed E-state index contributed by atoms with van der Waals surface area (Å²) in [6.45, 7) is 4.11. The van der Waals surface area contributed by atoms with Gasteiger partial charge < -0.3 is 4.90 Å². The van der Waals surface area contributed by atoms with E-state index in [2.05, 4.69) is 29.4 Å². The number of benzene rings is 2. The van der Waals surface area contributed by atoms with Gasteiger partial charge in [-0.3, -0.25) is 10.1 Å². The van der Waals surface area contributed by atoms with Crippen molar-refractivity contribution in [1.29, 1.82) is 0 Å². The molecule has 1 heterocycles. The van der Waals surface area contributed by atoms with Gasteiger partial charge in [0.2, 0.25) is 0 Å². The summed E-state index contributed by atoms with van der Waals surface area (Å²) in [6.07, 6.45) is 0. The van der Waals surface area contributed by atoms with Crippen LogP contribution < -0.4 is 10.2 Å². The third-order valence-corrected chi connectivity index (χ3v) is 4.59. The molecule has 23 heavy (non-hydrogen) atoms. The van der Waals surface area contributed by atoms with Gasteiger partial charge in [0.15, 0.2) is 5.13 Å². The van der Waals surface area contributed by atoms with E-state index >= 15 is 0 Å². The van der Waals surface area contributed by atoms with Crippen molar-refractivity contribution in [3.05, 3.63) is 53.1 Å². The number of fused-ring (bicyclic) bond motifs is 1. The molecular weight excluding hydrogens is 306 g/mol. The van der Waals surface area contributed by atoms with Crippen LogP contribution in [-0.4, -0.2) is 25.0 Å². The molecule has 0 aliphatic heterocycles. The lowest BCUT2D eigenvalue weighted by atomic mass is 10.1. The third kappa shape index (κ3) is 3.19. The normalized spacial score (nSPS) is 10.8. The Morgan fingerprint density at radius 1 is 1.17 bits per heavy atom. The van der Waals surface area contributed by atoms with Crippen molar-refractivity contribution in [1.82, 2.24) is 4.98 Å². The summed E-state index contributed by atoms with van der Waals surface area (Å²) in [4.78, 5) is 19.0. The Kier molecular flexibility index (Phi) is 4.05. The fraction of sp³-hybridized carbons (Fsp3) is 0.222. The largest absolute Gasteiger partial charge is 0.378 e. The van der Waals surface area contributed by atoms with Gasteiger partial charge in [0.05, 0.1) is 10.2 Å². The molecule has 1 amide bonds. The first-order chi connectivity index (χ1) is 10.9. The lowest BCUT2D eigenvalue weighted by molar-refractivity contribution is 0.102. The number of aromatic nitrogens is 1. The van der Waals surface area contributed by atoms with Crippen molar-refractivity contribution in [2.75, 3.05) is 24.3 Å². The predicted octanol–water partition coefficient (Wildman–Crippen LogP) is 4.23. The summed E-state index contributed by atoms with van der Waals surface area (Å²) < 4.78 is 1.10. The molecule has 0 radical (unpaired) electrons. The van der Waals surface area contributed by atoms with E-state index in [1.54, 1.807) is 0 Å². The van der Waals surface area contributed by atoms with E-state index in [1.165, 1.54) is 16.9 Å². The molecule has 2 aromatic carbocycles. The molecule has 3 aromatic rings. The number of nitrogens with one attached hydrogen (secondary N) is 1. The summed E-state index contributed by atoms with van der Waals surface area (Å²) in [5, 5.41) is 3.54. The molecule has 0 unspecified atom stereocenters. The highest BCUT2D eigenvalue weighted by Crippen LogP contribution is 2.29. The lowest BCUT2D eigenvalue weighted by Crippen LogP contribution is -2.14. The maximum atomic E-state index is 12.5. The van der Waals surface area contributed by atoms with Crippen LogP contribution in [0, 0.1) is 13.8 Å². The van der Waals surface area contributed by atoms with Crippen molar-refractivity contribution in [2.24, 2.45) is 0 Å². The van der Waals surface area contributed by atoms with Gasteiger partial charge in [-0.25, -0.2) is 4.98 Å². The maximum absolute atomic E-state index is 12.5. The van der Waals surface area contributed by atoms with E-state index in [0.29, 0.717) is 10.7 Å². The van der Waals surface area contributed by atoms with Gasteiger partial charge in [-0.05, 0) is 49.2 Å². The van der Waals surface area contributed by atoms with Crippen LogP contribution in [0.2, 0.25) is 0 Å². The number of hydrogen-bond acceptors (Lipinski definition) is 4. The number of amides is 1. The average molecular weight is 325 g/mol. The molecule has 3 rings (SSSR count). The van der Waals surface area contributed by atoms with Crippen LogP contribution in [0.4, 0.5) is 10.8 Å². The number of anilines is 2. The van der Waals surface area contributed by atoms with Crippen molar-refractivity contribution >= 4 is 38.3 Å². The van der Waals surface area contributed by atoms with E-state index in [4.69, 9.17) is 0 Å². The first kappa shape index (κ1) is 15.5. The quantitative estimate of drug-likeness (QED) is 0.784. The molecular formula is C18H19N3OS. The molecule has 5 heteroatoms. The molecule has 4 nitrogen and oxygen atoms in total. The second-order valence-electron chi connectivity index (χ2n) is 5.85. The van der Waals surface area contributed by atoms with Crippen molar-refractivity contribution in [2.45, 2.75) is 13.8 Å². The van der Waals surface area contributed by atoms with E-state index in [-0.39, 0.29) is 5.91 Å². The van der Waals surface area contributed by atoms with E-state index in [1.807, 2.05) is 50.2 Å². The molecule has 0 aliphatic rings. The van der Waals surface area contributed by atoms with Gasteiger partial charge in [-0.1, -0.05) is 23.5 Å². The van der Waals surface area contributed by atoms with E-state index in [9.17, 15) is 4.79 Å². The number of hydrogen-bond donors (Lipinski definition) is 1. The fourth-order valence-electron chi connectivity index (χ4n) is 2.52. The number of carbonyl (C=O) groups is 1. The molecule has 0 saturated heterocycles. The highest BCUT2D eigenvalue weighted by Gasteiger charge is 2.12. The summed E-state index contributed by atoms with van der Waals surface area (Å²) in [6, 6.07) is 11.7. The van der Waals surface area contributed by atoms with Crippen LogP contribution in [-0.2, 0) is 0 Å². The Morgan fingerprint density at radius 3 is 2.70 bits per heavy atom. The third-order valence-electron chi connectivity index (χ3n) is 3.68. The monoisotopic (exact) mass is 325 g/mol. The van der Waals surface area contributed by atoms with Gasteiger partial charge in [0.1, 0.15) is 0 Å². The molecule has 118 valence electrons.